The second kappa shape index (κ2) is 11.5. The van der Waals surface area contributed by atoms with Gasteiger partial charge in [-0.25, -0.2) is 0 Å². The highest BCUT2D eigenvalue weighted by atomic mass is 16.7. The third-order valence-electron chi connectivity index (χ3n) is 1.46. The van der Waals surface area contributed by atoms with E-state index in [1.165, 1.54) is 0 Å². The Hall–Kier alpha value is -0.580. The summed E-state index contributed by atoms with van der Waals surface area (Å²) in [6.45, 7) is 10.2. The zero-order chi connectivity index (χ0) is 11.4. The lowest BCUT2D eigenvalue weighted by Gasteiger charge is -2.12. The minimum Gasteiger partial charge on any atom is -0.499 e. The summed E-state index contributed by atoms with van der Waals surface area (Å²) >= 11 is 0. The number of allylic oxidation sites excluding steroid dienone is 1. The SMILES string of the molecule is [CH2]C(OCC)OCCOCCO/C=C/C. The third kappa shape index (κ3) is 11.3. The predicted molar refractivity (Wildman–Crippen MR) is 58.3 cm³/mol. The molecule has 0 aliphatic carbocycles. The van der Waals surface area contributed by atoms with Crippen molar-refractivity contribution < 1.29 is 18.9 Å². The van der Waals surface area contributed by atoms with Gasteiger partial charge < -0.3 is 18.9 Å². The van der Waals surface area contributed by atoms with E-state index >= 15 is 0 Å². The van der Waals surface area contributed by atoms with E-state index in [9.17, 15) is 0 Å². The molecule has 4 nitrogen and oxygen atoms in total. The summed E-state index contributed by atoms with van der Waals surface area (Å²) in [6.07, 6.45) is 3.07. The van der Waals surface area contributed by atoms with Crippen LogP contribution in [0.25, 0.3) is 0 Å². The maximum absolute atomic E-state index is 5.24. The van der Waals surface area contributed by atoms with Crippen LogP contribution >= 0.6 is 0 Å². The molecule has 1 atom stereocenters. The molecule has 0 rings (SSSR count). The fourth-order valence-corrected chi connectivity index (χ4v) is 0.846. The van der Waals surface area contributed by atoms with Crippen LogP contribution in [0.2, 0.25) is 0 Å². The quantitative estimate of drug-likeness (QED) is 0.317. The molecule has 0 saturated carbocycles. The van der Waals surface area contributed by atoms with Crippen LogP contribution in [0, 0.1) is 6.92 Å². The lowest BCUT2D eigenvalue weighted by Crippen LogP contribution is -2.17. The summed E-state index contributed by atoms with van der Waals surface area (Å²) in [6, 6.07) is 0. The fraction of sp³-hybridized carbons (Fsp3) is 0.727. The maximum Gasteiger partial charge on any atom is 0.157 e. The van der Waals surface area contributed by atoms with Crippen LogP contribution in [-0.4, -0.2) is 39.3 Å². The fourth-order valence-electron chi connectivity index (χ4n) is 0.846. The molecule has 15 heavy (non-hydrogen) atoms. The highest BCUT2D eigenvalue weighted by molar-refractivity contribution is 4.64. The van der Waals surface area contributed by atoms with Gasteiger partial charge in [0.25, 0.3) is 0 Å². The highest BCUT2D eigenvalue weighted by Gasteiger charge is 1.99. The van der Waals surface area contributed by atoms with E-state index in [0.717, 1.165) is 0 Å². The van der Waals surface area contributed by atoms with Crippen LogP contribution in [0.15, 0.2) is 12.3 Å². The van der Waals surface area contributed by atoms with Gasteiger partial charge in [0.05, 0.1) is 26.1 Å². The van der Waals surface area contributed by atoms with Crippen molar-refractivity contribution in [2.75, 3.05) is 33.0 Å². The van der Waals surface area contributed by atoms with Crippen LogP contribution in [0.5, 0.6) is 0 Å². The molecular formula is C11H21O4. The Morgan fingerprint density at radius 1 is 1.13 bits per heavy atom. The van der Waals surface area contributed by atoms with Gasteiger partial charge in [0.1, 0.15) is 6.61 Å². The minimum absolute atomic E-state index is 0.405. The van der Waals surface area contributed by atoms with Crippen molar-refractivity contribution in [1.82, 2.24) is 0 Å². The monoisotopic (exact) mass is 217 g/mol. The summed E-state index contributed by atoms with van der Waals surface area (Å²) in [5.74, 6) is 0. The van der Waals surface area contributed by atoms with Gasteiger partial charge in [0.15, 0.2) is 6.29 Å². The Bertz CT molecular complexity index is 148. The van der Waals surface area contributed by atoms with Gasteiger partial charge in [-0.3, -0.25) is 0 Å². The molecule has 0 bridgehead atoms. The Morgan fingerprint density at radius 2 is 1.87 bits per heavy atom. The third-order valence-corrected chi connectivity index (χ3v) is 1.46. The molecule has 1 radical (unpaired) electrons. The van der Waals surface area contributed by atoms with Crippen molar-refractivity contribution in [3.05, 3.63) is 19.3 Å². The Kier molecular flexibility index (Phi) is 11.1. The molecule has 0 aromatic heterocycles. The average Bonchev–Trinajstić information content (AvgIpc) is 2.22. The summed E-state index contributed by atoms with van der Waals surface area (Å²) in [5, 5.41) is 0. The number of rotatable bonds is 10. The Morgan fingerprint density at radius 3 is 2.53 bits per heavy atom. The van der Waals surface area contributed by atoms with Gasteiger partial charge in [0, 0.05) is 13.5 Å². The normalized spacial score (nSPS) is 13.3. The molecule has 0 spiro atoms. The zero-order valence-corrected chi connectivity index (χ0v) is 9.61. The van der Waals surface area contributed by atoms with E-state index in [-0.39, 0.29) is 0 Å². The molecule has 0 aliphatic rings. The molecule has 0 heterocycles. The van der Waals surface area contributed by atoms with E-state index in [4.69, 9.17) is 18.9 Å². The van der Waals surface area contributed by atoms with E-state index in [0.29, 0.717) is 33.0 Å². The van der Waals surface area contributed by atoms with Gasteiger partial charge in [0.2, 0.25) is 0 Å². The summed E-state index contributed by atoms with van der Waals surface area (Å²) < 4.78 is 20.6. The van der Waals surface area contributed by atoms with Crippen LogP contribution in [0.4, 0.5) is 0 Å². The van der Waals surface area contributed by atoms with Crippen molar-refractivity contribution in [1.29, 1.82) is 0 Å². The smallest absolute Gasteiger partial charge is 0.157 e. The molecule has 1 unspecified atom stereocenters. The molecule has 0 aromatic carbocycles. The van der Waals surface area contributed by atoms with E-state index in [1.54, 1.807) is 6.26 Å². The number of hydrogen-bond acceptors (Lipinski definition) is 4. The minimum atomic E-state index is -0.405. The first-order chi connectivity index (χ1) is 7.31. The highest BCUT2D eigenvalue weighted by Crippen LogP contribution is 1.92. The van der Waals surface area contributed by atoms with Crippen LogP contribution < -0.4 is 0 Å². The summed E-state index contributed by atoms with van der Waals surface area (Å²) in [5.41, 5.74) is 0. The molecule has 4 heteroatoms. The van der Waals surface area contributed by atoms with Crippen LogP contribution in [0.1, 0.15) is 13.8 Å². The molecule has 0 aliphatic heterocycles. The lowest BCUT2D eigenvalue weighted by atomic mass is 10.7. The molecule has 0 saturated heterocycles. The molecular weight excluding hydrogens is 196 g/mol. The zero-order valence-electron chi connectivity index (χ0n) is 9.61. The molecule has 0 amide bonds. The number of hydrogen-bond donors (Lipinski definition) is 0. The second-order valence-corrected chi connectivity index (χ2v) is 2.71. The van der Waals surface area contributed by atoms with Crippen molar-refractivity contribution in [3.8, 4) is 0 Å². The summed E-state index contributed by atoms with van der Waals surface area (Å²) in [7, 11) is 0. The van der Waals surface area contributed by atoms with Gasteiger partial charge in [-0.05, 0) is 13.8 Å². The Balaban J connectivity index is 3.04. The number of ether oxygens (including phenoxy) is 4. The van der Waals surface area contributed by atoms with Crippen molar-refractivity contribution in [2.45, 2.75) is 20.1 Å². The van der Waals surface area contributed by atoms with E-state index in [1.807, 2.05) is 19.9 Å². The molecule has 0 aromatic rings. The first-order valence-corrected chi connectivity index (χ1v) is 5.18. The Labute approximate surface area is 92.2 Å². The topological polar surface area (TPSA) is 36.9 Å². The van der Waals surface area contributed by atoms with Crippen molar-refractivity contribution in [2.24, 2.45) is 0 Å². The van der Waals surface area contributed by atoms with Gasteiger partial charge in [-0.15, -0.1) is 0 Å². The first-order valence-electron chi connectivity index (χ1n) is 5.18. The largest absolute Gasteiger partial charge is 0.499 e. The van der Waals surface area contributed by atoms with E-state index in [2.05, 4.69) is 6.92 Å². The van der Waals surface area contributed by atoms with E-state index < -0.39 is 6.29 Å². The van der Waals surface area contributed by atoms with Crippen molar-refractivity contribution >= 4 is 0 Å². The average molecular weight is 217 g/mol. The van der Waals surface area contributed by atoms with Crippen molar-refractivity contribution in [3.63, 3.8) is 0 Å². The molecule has 0 N–H and O–H groups in total. The molecule has 0 fully saturated rings. The predicted octanol–water partition coefficient (Wildman–Crippen LogP) is 1.77. The summed E-state index contributed by atoms with van der Waals surface area (Å²) in [4.78, 5) is 0. The standard InChI is InChI=1S/C11H21O4/c1-4-6-12-7-8-13-9-10-15-11(3)14-5-2/h4,6,11H,3,5,7-10H2,1-2H3/b6-4+. The lowest BCUT2D eigenvalue weighted by molar-refractivity contribution is -0.121. The van der Waals surface area contributed by atoms with Crippen LogP contribution in [-0.2, 0) is 18.9 Å². The molecule has 89 valence electrons. The van der Waals surface area contributed by atoms with Gasteiger partial charge in [-0.1, -0.05) is 6.08 Å². The second-order valence-electron chi connectivity index (χ2n) is 2.71. The van der Waals surface area contributed by atoms with Gasteiger partial charge >= 0.3 is 0 Å². The first kappa shape index (κ1) is 14.4. The van der Waals surface area contributed by atoms with Crippen LogP contribution in [0.3, 0.4) is 0 Å². The maximum atomic E-state index is 5.24. The van der Waals surface area contributed by atoms with Gasteiger partial charge in [-0.2, -0.15) is 0 Å².